The molecule has 3 rings (SSSR count). The van der Waals surface area contributed by atoms with Gasteiger partial charge in [0.15, 0.2) is 0 Å². The van der Waals surface area contributed by atoms with E-state index in [1.165, 1.54) is 23.8 Å². The lowest BCUT2D eigenvalue weighted by Crippen LogP contribution is -2.48. The summed E-state index contributed by atoms with van der Waals surface area (Å²) >= 11 is 0. The smallest absolute Gasteiger partial charge is 0.325 e. The average molecular weight is 484 g/mol. The van der Waals surface area contributed by atoms with Gasteiger partial charge < -0.3 is 24.4 Å². The van der Waals surface area contributed by atoms with Crippen molar-refractivity contribution in [2.45, 2.75) is 19.5 Å². The minimum absolute atomic E-state index is 0.133. The SMILES string of the molecule is CCOC(=O)CN(C(=O)Cn1nnc2ccccc21)C(C(=O)NCCOC)c1ccccc1OC. The second-order valence-corrected chi connectivity index (χ2v) is 7.49. The molecule has 3 aromatic rings. The van der Waals surface area contributed by atoms with E-state index in [1.54, 1.807) is 43.3 Å². The van der Waals surface area contributed by atoms with Crippen LogP contribution >= 0.6 is 0 Å². The molecule has 0 spiro atoms. The summed E-state index contributed by atoms with van der Waals surface area (Å²) in [7, 11) is 2.99. The molecule has 186 valence electrons. The van der Waals surface area contributed by atoms with E-state index in [0.29, 0.717) is 22.3 Å². The molecule has 0 radical (unpaired) electrons. The van der Waals surface area contributed by atoms with Gasteiger partial charge in [-0.05, 0) is 25.1 Å². The molecule has 0 aliphatic rings. The van der Waals surface area contributed by atoms with E-state index >= 15 is 0 Å². The van der Waals surface area contributed by atoms with Gasteiger partial charge in [-0.3, -0.25) is 14.4 Å². The number of para-hydroxylation sites is 2. The van der Waals surface area contributed by atoms with Gasteiger partial charge >= 0.3 is 5.97 Å². The molecule has 2 aromatic carbocycles. The van der Waals surface area contributed by atoms with Crippen LogP contribution in [0, 0.1) is 0 Å². The largest absolute Gasteiger partial charge is 0.496 e. The van der Waals surface area contributed by atoms with Gasteiger partial charge in [-0.1, -0.05) is 35.5 Å². The third-order valence-electron chi connectivity index (χ3n) is 5.23. The second-order valence-electron chi connectivity index (χ2n) is 7.49. The van der Waals surface area contributed by atoms with Crippen molar-refractivity contribution in [3.63, 3.8) is 0 Å². The quantitative estimate of drug-likeness (QED) is 0.302. The molecule has 1 heterocycles. The first-order valence-corrected chi connectivity index (χ1v) is 11.1. The van der Waals surface area contributed by atoms with E-state index in [0.717, 1.165) is 0 Å². The van der Waals surface area contributed by atoms with Crippen molar-refractivity contribution >= 4 is 28.8 Å². The summed E-state index contributed by atoms with van der Waals surface area (Å²) in [4.78, 5) is 40.7. The Morgan fingerprint density at radius 3 is 2.57 bits per heavy atom. The molecule has 0 saturated heterocycles. The van der Waals surface area contributed by atoms with Crippen molar-refractivity contribution in [3.05, 3.63) is 54.1 Å². The third-order valence-corrected chi connectivity index (χ3v) is 5.23. The number of carbonyl (C=O) groups is 3. The lowest BCUT2D eigenvalue weighted by molar-refractivity contribution is -0.153. The van der Waals surface area contributed by atoms with Crippen molar-refractivity contribution in [2.75, 3.05) is 40.5 Å². The average Bonchev–Trinajstić information content (AvgIpc) is 3.27. The van der Waals surface area contributed by atoms with Crippen LogP contribution in [0.4, 0.5) is 0 Å². The van der Waals surface area contributed by atoms with Crippen LogP contribution in [0.2, 0.25) is 0 Å². The van der Waals surface area contributed by atoms with Gasteiger partial charge in [-0.2, -0.15) is 0 Å². The number of methoxy groups -OCH3 is 2. The molecule has 0 bridgehead atoms. The zero-order valence-corrected chi connectivity index (χ0v) is 20.0. The molecule has 0 saturated carbocycles. The van der Waals surface area contributed by atoms with Crippen LogP contribution in [0.3, 0.4) is 0 Å². The van der Waals surface area contributed by atoms with Crippen LogP contribution in [-0.4, -0.2) is 78.2 Å². The zero-order valence-electron chi connectivity index (χ0n) is 20.0. The summed E-state index contributed by atoms with van der Waals surface area (Å²) in [5.74, 6) is -1.26. The first kappa shape index (κ1) is 25.6. The number of fused-ring (bicyclic) bond motifs is 1. The van der Waals surface area contributed by atoms with Gasteiger partial charge in [-0.25, -0.2) is 4.68 Å². The minimum atomic E-state index is -1.17. The molecule has 35 heavy (non-hydrogen) atoms. The summed E-state index contributed by atoms with van der Waals surface area (Å²) in [5.41, 5.74) is 1.69. The van der Waals surface area contributed by atoms with Gasteiger partial charge in [0.2, 0.25) is 11.8 Å². The van der Waals surface area contributed by atoms with Crippen molar-refractivity contribution in [2.24, 2.45) is 0 Å². The van der Waals surface area contributed by atoms with Crippen LogP contribution in [-0.2, 0) is 30.4 Å². The van der Waals surface area contributed by atoms with E-state index in [4.69, 9.17) is 14.2 Å². The number of ether oxygens (including phenoxy) is 3. The molecule has 2 amide bonds. The first-order chi connectivity index (χ1) is 17.0. The van der Waals surface area contributed by atoms with E-state index < -0.39 is 30.4 Å². The topological polar surface area (TPSA) is 125 Å². The maximum absolute atomic E-state index is 13.6. The van der Waals surface area contributed by atoms with E-state index in [2.05, 4.69) is 15.6 Å². The number of carbonyl (C=O) groups excluding carboxylic acids is 3. The Hall–Kier alpha value is -3.99. The number of benzene rings is 2. The van der Waals surface area contributed by atoms with Crippen LogP contribution < -0.4 is 10.1 Å². The molecule has 11 heteroatoms. The van der Waals surface area contributed by atoms with Gasteiger partial charge in [0.25, 0.3) is 0 Å². The Bertz CT molecular complexity index is 1160. The summed E-state index contributed by atoms with van der Waals surface area (Å²) < 4.78 is 17.0. The van der Waals surface area contributed by atoms with Crippen LogP contribution in [0.15, 0.2) is 48.5 Å². The molecule has 1 unspecified atom stereocenters. The Morgan fingerprint density at radius 2 is 1.83 bits per heavy atom. The van der Waals surface area contributed by atoms with Gasteiger partial charge in [0.1, 0.15) is 30.4 Å². The Kier molecular flexibility index (Phi) is 9.13. The third kappa shape index (κ3) is 6.33. The van der Waals surface area contributed by atoms with Crippen molar-refractivity contribution in [1.82, 2.24) is 25.2 Å². The summed E-state index contributed by atoms with van der Waals surface area (Å²) in [6, 6.07) is 12.9. The predicted molar refractivity (Wildman–Crippen MR) is 126 cm³/mol. The van der Waals surface area contributed by atoms with E-state index in [-0.39, 0.29) is 26.3 Å². The van der Waals surface area contributed by atoms with Crippen molar-refractivity contribution in [1.29, 1.82) is 0 Å². The number of aromatic nitrogens is 3. The maximum atomic E-state index is 13.6. The van der Waals surface area contributed by atoms with E-state index in [9.17, 15) is 14.4 Å². The number of esters is 1. The number of amides is 2. The molecule has 0 aliphatic carbocycles. The van der Waals surface area contributed by atoms with Crippen LogP contribution in [0.25, 0.3) is 11.0 Å². The highest BCUT2D eigenvalue weighted by atomic mass is 16.5. The summed E-state index contributed by atoms with van der Waals surface area (Å²) in [6.07, 6.45) is 0. The molecule has 1 aromatic heterocycles. The fraction of sp³-hybridized carbons (Fsp3) is 0.375. The highest BCUT2D eigenvalue weighted by molar-refractivity contribution is 5.91. The molecule has 11 nitrogen and oxygen atoms in total. The normalized spacial score (nSPS) is 11.6. The Balaban J connectivity index is 2.02. The van der Waals surface area contributed by atoms with E-state index in [1.807, 2.05) is 12.1 Å². The summed E-state index contributed by atoms with van der Waals surface area (Å²) in [5, 5.41) is 10.9. The number of hydrogen-bond donors (Lipinski definition) is 1. The second kappa shape index (κ2) is 12.5. The fourth-order valence-electron chi connectivity index (χ4n) is 3.64. The standard InChI is InChI=1S/C24H29N5O6/c1-4-35-22(31)16-28(21(30)15-29-19-11-7-6-10-18(19)26-27-29)23(24(32)25-13-14-33-2)17-9-5-8-12-20(17)34-3/h5-12,23H,4,13-16H2,1-3H3,(H,25,32). The lowest BCUT2D eigenvalue weighted by atomic mass is 10.0. The van der Waals surface area contributed by atoms with Crippen LogP contribution in [0.5, 0.6) is 5.75 Å². The number of rotatable bonds is 12. The molecule has 1 N–H and O–H groups in total. The Labute approximate surface area is 202 Å². The van der Waals surface area contributed by atoms with Gasteiger partial charge in [0.05, 0.1) is 25.8 Å². The van der Waals surface area contributed by atoms with Crippen molar-refractivity contribution in [3.8, 4) is 5.75 Å². The van der Waals surface area contributed by atoms with Crippen LogP contribution in [0.1, 0.15) is 18.5 Å². The van der Waals surface area contributed by atoms with Crippen molar-refractivity contribution < 1.29 is 28.6 Å². The number of nitrogens with one attached hydrogen (secondary N) is 1. The summed E-state index contributed by atoms with van der Waals surface area (Å²) in [6.45, 7) is 1.61. The highest BCUT2D eigenvalue weighted by Gasteiger charge is 2.35. The predicted octanol–water partition coefficient (Wildman–Crippen LogP) is 1.34. The minimum Gasteiger partial charge on any atom is -0.496 e. The first-order valence-electron chi connectivity index (χ1n) is 11.1. The molecule has 0 fully saturated rings. The lowest BCUT2D eigenvalue weighted by Gasteiger charge is -2.31. The maximum Gasteiger partial charge on any atom is 0.325 e. The molecule has 1 atom stereocenters. The fourth-order valence-corrected chi connectivity index (χ4v) is 3.64. The monoisotopic (exact) mass is 483 g/mol. The van der Waals surface area contributed by atoms with Gasteiger partial charge in [-0.15, -0.1) is 5.10 Å². The molecular weight excluding hydrogens is 454 g/mol. The number of hydrogen-bond acceptors (Lipinski definition) is 8. The highest BCUT2D eigenvalue weighted by Crippen LogP contribution is 2.30. The van der Waals surface area contributed by atoms with Gasteiger partial charge in [0, 0.05) is 19.2 Å². The Morgan fingerprint density at radius 1 is 1.09 bits per heavy atom. The number of nitrogens with zero attached hydrogens (tertiary/aromatic N) is 4. The molecule has 0 aliphatic heterocycles. The molecular formula is C24H29N5O6. The zero-order chi connectivity index (χ0) is 25.2.